The van der Waals surface area contributed by atoms with Crippen LogP contribution in [-0.4, -0.2) is 39.0 Å². The Bertz CT molecular complexity index is 9580. The molecule has 0 unspecified atom stereocenters. The maximum absolute atomic E-state index is 7.55. The van der Waals surface area contributed by atoms with Gasteiger partial charge in [0.1, 0.15) is 11.2 Å². The second-order valence-electron chi connectivity index (χ2n) is 33.1. The Kier molecular flexibility index (Phi) is 14.6. The molecule has 0 saturated heterocycles. The highest BCUT2D eigenvalue weighted by molar-refractivity contribution is 7.26. The molecule has 0 bridgehead atoms. The van der Waals surface area contributed by atoms with Crippen molar-refractivity contribution in [2.24, 2.45) is 0 Å². The van der Waals surface area contributed by atoms with Gasteiger partial charge in [0.2, 0.25) is 0 Å². The summed E-state index contributed by atoms with van der Waals surface area (Å²) in [6, 6.07) is 136. The Morgan fingerprint density at radius 1 is 0.190 bits per heavy atom. The zero-order valence-electron chi connectivity index (χ0n) is 67.0. The first-order valence-electron chi connectivity index (χ1n) is 42.4. The summed E-state index contributed by atoms with van der Waals surface area (Å²) in [6.07, 6.45) is 0. The van der Waals surface area contributed by atoms with Gasteiger partial charge in [0.25, 0.3) is 0 Å². The van der Waals surface area contributed by atoms with Crippen LogP contribution >= 0.6 is 22.7 Å². The number of nitrogens with zero attached hydrogens (tertiary/aromatic N) is 8. The summed E-state index contributed by atoms with van der Waals surface area (Å²) in [5, 5.41) is 26.1. The van der Waals surface area contributed by atoms with E-state index in [9.17, 15) is 0 Å². The fourth-order valence-corrected chi connectivity index (χ4v) is 22.7. The molecule has 126 heavy (non-hydrogen) atoms. The minimum atomic E-state index is 0.521. The number of furan rings is 2. The molecule has 0 radical (unpaired) electrons. The van der Waals surface area contributed by atoms with Crippen molar-refractivity contribution in [2.75, 3.05) is 0 Å². The maximum atomic E-state index is 7.55. The molecule has 0 amide bonds. The summed E-state index contributed by atoms with van der Waals surface area (Å²) in [5.41, 5.74) is 16.3. The van der Waals surface area contributed by atoms with Crippen LogP contribution in [0.25, 0.3) is 283 Å². The highest BCUT2D eigenvalue weighted by atomic mass is 32.1. The number of aromatic nitrogens is 8. The number of rotatable bonds is 9. The zero-order valence-corrected chi connectivity index (χ0v) is 68.6. The molecule has 28 rings (SSSR count). The van der Waals surface area contributed by atoms with Crippen molar-refractivity contribution < 1.29 is 8.83 Å². The van der Waals surface area contributed by atoms with Crippen LogP contribution in [0.5, 0.6) is 0 Å². The van der Waals surface area contributed by atoms with Gasteiger partial charge in [0.05, 0.1) is 33.4 Å². The van der Waals surface area contributed by atoms with Crippen LogP contribution in [0, 0.1) is 0 Å². The summed E-state index contributed by atoms with van der Waals surface area (Å²) in [5.74, 6) is 3.32. The van der Waals surface area contributed by atoms with Gasteiger partial charge in [-0.3, -0.25) is 0 Å². The van der Waals surface area contributed by atoms with E-state index < -0.39 is 0 Å². The summed E-state index contributed by atoms with van der Waals surface area (Å²) in [4.78, 5) is 33.9. The third-order valence-electron chi connectivity index (χ3n) is 26.1. The summed E-state index contributed by atoms with van der Waals surface area (Å²) >= 11 is 3.59. The third-order valence-corrected chi connectivity index (χ3v) is 28.4. The lowest BCUT2D eigenvalue weighted by Gasteiger charge is -2.14. The second kappa shape index (κ2) is 26.6. The minimum absolute atomic E-state index is 0.521. The van der Waals surface area contributed by atoms with Gasteiger partial charge in [0.15, 0.2) is 46.1 Å². The average Bonchev–Trinajstić information content (AvgIpc) is 2.12. The molecule has 8 heterocycles. The van der Waals surface area contributed by atoms with Crippen molar-refractivity contribution in [3.63, 3.8) is 0 Å². The molecule has 8 aromatic heterocycles. The van der Waals surface area contributed by atoms with Gasteiger partial charge >= 0.3 is 0 Å². The number of fused-ring (bicyclic) bond motifs is 26. The van der Waals surface area contributed by atoms with Crippen LogP contribution in [-0.2, 0) is 0 Å². The van der Waals surface area contributed by atoms with Gasteiger partial charge < -0.3 is 18.0 Å². The van der Waals surface area contributed by atoms with Gasteiger partial charge in [-0.15, -0.1) is 22.7 Å². The predicted molar refractivity (Wildman–Crippen MR) is 525 cm³/mol. The summed E-state index contributed by atoms with van der Waals surface area (Å²) < 4.78 is 24.5. The first-order valence-corrected chi connectivity index (χ1v) is 44.1. The lowest BCUT2D eigenvalue weighted by atomic mass is 9.94. The fraction of sp³-hybridized carbons (Fsp3) is 0. The van der Waals surface area contributed by atoms with Gasteiger partial charge in [-0.2, -0.15) is 0 Å². The lowest BCUT2D eigenvalue weighted by Crippen LogP contribution is -2.02. The van der Waals surface area contributed by atoms with Crippen molar-refractivity contribution in [1.82, 2.24) is 39.0 Å². The van der Waals surface area contributed by atoms with E-state index >= 15 is 0 Å². The Morgan fingerprint density at radius 3 is 1.17 bits per heavy atom. The van der Waals surface area contributed by atoms with Gasteiger partial charge in [-0.25, -0.2) is 29.9 Å². The molecular weight excluding hydrogens is 1580 g/mol. The van der Waals surface area contributed by atoms with Crippen LogP contribution in [0.4, 0.5) is 0 Å². The van der Waals surface area contributed by atoms with Crippen molar-refractivity contribution in [2.45, 2.75) is 0 Å². The molecule has 28 aromatic rings. The van der Waals surface area contributed by atoms with E-state index in [4.69, 9.17) is 38.7 Å². The molecule has 0 atom stereocenters. The number of benzene rings is 20. The van der Waals surface area contributed by atoms with Crippen LogP contribution in [0.2, 0.25) is 0 Å². The van der Waals surface area contributed by atoms with Crippen molar-refractivity contribution in [3.8, 4) is 90.8 Å². The smallest absolute Gasteiger partial charge is 0.164 e. The van der Waals surface area contributed by atoms with E-state index in [0.29, 0.717) is 34.9 Å². The molecular formula is C114H62N8O2S2. The minimum Gasteiger partial charge on any atom is -0.453 e. The van der Waals surface area contributed by atoms with Gasteiger partial charge in [0, 0.05) is 133 Å². The third kappa shape index (κ3) is 10.4. The normalized spacial score (nSPS) is 12.3. The zero-order chi connectivity index (χ0) is 82.1. The molecule has 582 valence electrons. The molecule has 12 heteroatoms. The van der Waals surface area contributed by atoms with Crippen molar-refractivity contribution in [3.05, 3.63) is 376 Å². The molecule has 0 spiro atoms. The average molecular weight is 1640 g/mol. The van der Waals surface area contributed by atoms with Crippen LogP contribution in [0.3, 0.4) is 0 Å². The second-order valence-corrected chi connectivity index (χ2v) is 35.2. The molecule has 20 aromatic carbocycles. The number of hydrogen-bond acceptors (Lipinski definition) is 10. The Labute approximate surface area is 724 Å². The van der Waals surface area contributed by atoms with Crippen LogP contribution < -0.4 is 0 Å². The summed E-state index contributed by atoms with van der Waals surface area (Å²) in [7, 11) is 0. The van der Waals surface area contributed by atoms with Gasteiger partial charge in [-0.05, 0) is 169 Å². The Morgan fingerprint density at radius 2 is 0.595 bits per heavy atom. The molecule has 0 aliphatic heterocycles. The van der Waals surface area contributed by atoms with Crippen molar-refractivity contribution >= 4 is 215 Å². The Balaban J connectivity index is 0.691. The largest absolute Gasteiger partial charge is 0.453 e. The first-order chi connectivity index (χ1) is 62.4. The van der Waals surface area contributed by atoms with Gasteiger partial charge in [-0.1, -0.05) is 267 Å². The highest BCUT2D eigenvalue weighted by Crippen LogP contribution is 2.52. The predicted octanol–water partition coefficient (Wildman–Crippen LogP) is 31.4. The lowest BCUT2D eigenvalue weighted by molar-refractivity contribution is 0.670. The van der Waals surface area contributed by atoms with Crippen LogP contribution in [0.1, 0.15) is 0 Å². The van der Waals surface area contributed by atoms with Crippen molar-refractivity contribution in [1.29, 1.82) is 0 Å². The molecule has 0 aliphatic carbocycles. The van der Waals surface area contributed by atoms with E-state index in [1.165, 1.54) is 25.6 Å². The first kappa shape index (κ1) is 69.3. The van der Waals surface area contributed by atoms with E-state index in [1.54, 1.807) is 22.7 Å². The van der Waals surface area contributed by atoms with E-state index in [1.807, 2.05) is 18.2 Å². The highest BCUT2D eigenvalue weighted by Gasteiger charge is 2.30. The van der Waals surface area contributed by atoms with Crippen LogP contribution in [0.15, 0.2) is 385 Å². The fourth-order valence-electron chi connectivity index (χ4n) is 20.3. The Hall–Kier alpha value is -16.4. The van der Waals surface area contributed by atoms with E-state index in [-0.39, 0.29) is 0 Å². The van der Waals surface area contributed by atoms with E-state index in [0.717, 1.165) is 223 Å². The molecule has 0 fully saturated rings. The summed E-state index contributed by atoms with van der Waals surface area (Å²) in [6.45, 7) is 0. The monoisotopic (exact) mass is 1640 g/mol. The molecule has 0 aliphatic rings. The standard InChI is InChI=1S/C114H62N8O2S2/c1-2-25-66(26-3-1)109-115-111(119-113(117-109)85-39-21-43-100-102(85)83-36-16-18-41-98(83)125-100)75-56-89-80-48-46-64-23-12-14-34-77(64)104(80)123-106(89)96(61-75)121-92-40-20-38-79(101(92)91-55-70-30-8-11-33-73(70)60-95(91)121)82-50-51-86(103-84-37-17-19-42-99(84)126-108(82)103)114-118-110(74-45-44-63-22-4-5-27-67(63)52-74)116-112(120-114)76-57-90-81-49-47-65-24-13-15-35-78(65)105(81)124-107(90)97(62-76)122-93-58-71-31-9-6-28-68(71)53-87(93)88-54-69-29-7-10-32-72(69)59-94(88)122/h1-62H. The topological polar surface area (TPSA) is 113 Å². The molecule has 0 N–H and O–H groups in total. The quantitative estimate of drug-likeness (QED) is 0.140. The SMILES string of the molecule is c1ccc(-c2nc(-c3cc(-n4c5cc6ccccc6cc5c5c(-c6ccc(-c7nc(-c8ccc9ccccc9c8)nc(-c8cc(-n9c%10cc%11ccccc%11cc%10c%10cc%11ccccc%11cc%109)c9oc%10c%11ccccc%11ccc%10c9c8)n7)c7c6sc6ccccc67)cccc54)c4oc5c6ccccc6ccc5c4c3)nc(-c3cccc4sc5ccccc5c34)n2)cc1. The molecule has 10 nitrogen and oxygen atoms in total. The number of thiophene rings is 2. The maximum Gasteiger partial charge on any atom is 0.164 e. The van der Waals surface area contributed by atoms with E-state index in [2.05, 4.69) is 367 Å². The molecule has 0 saturated carbocycles. The number of hydrogen-bond donors (Lipinski definition) is 0.